The van der Waals surface area contributed by atoms with Crippen molar-refractivity contribution in [1.29, 1.82) is 0 Å². The number of hydrogen-bond acceptors (Lipinski definition) is 2. The zero-order chi connectivity index (χ0) is 28.2. The highest BCUT2D eigenvalue weighted by molar-refractivity contribution is 6.09. The molecule has 7 heteroatoms. The quantitative estimate of drug-likeness (QED) is 0.267. The van der Waals surface area contributed by atoms with Crippen LogP contribution in [0.2, 0.25) is 0 Å². The Hall–Kier alpha value is -4.39. The first kappa shape index (κ1) is 27.6. The molecule has 200 valence electrons. The maximum Gasteiger partial charge on any atom is 0.416 e. The van der Waals surface area contributed by atoms with Crippen LogP contribution in [0.1, 0.15) is 58.2 Å². The molecule has 0 aromatic heterocycles. The summed E-state index contributed by atoms with van der Waals surface area (Å²) >= 11 is 0. The van der Waals surface area contributed by atoms with E-state index in [0.29, 0.717) is 34.5 Å². The minimum Gasteiger partial charge on any atom is -0.348 e. The van der Waals surface area contributed by atoms with E-state index in [2.05, 4.69) is 43.5 Å². The SMILES string of the molecule is CC(C)(C)c1ccc(CNC(=O)c2cccc(NC(=O)c3ccccc3-c3ccc(C(F)(F)F)cc3)c2)cc1. The standard InChI is InChI=1S/C32H29F3N2O2/c1-31(2,3)24-15-11-21(12-16-24)20-36-29(38)23-7-6-8-26(19-23)37-30(39)28-10-5-4-9-27(28)22-13-17-25(18-14-22)32(33,34)35/h4-19H,20H2,1-3H3,(H,36,38)(H,37,39). The van der Waals surface area contributed by atoms with Gasteiger partial charge in [0.25, 0.3) is 11.8 Å². The van der Waals surface area contributed by atoms with Crippen molar-refractivity contribution in [3.63, 3.8) is 0 Å². The lowest BCUT2D eigenvalue weighted by Crippen LogP contribution is -2.23. The van der Waals surface area contributed by atoms with Gasteiger partial charge in [-0.05, 0) is 64.1 Å². The number of carbonyl (C=O) groups is 2. The van der Waals surface area contributed by atoms with Crippen molar-refractivity contribution in [2.24, 2.45) is 0 Å². The van der Waals surface area contributed by atoms with Crippen LogP contribution in [-0.4, -0.2) is 11.8 Å². The Morgan fingerprint density at radius 3 is 2.00 bits per heavy atom. The van der Waals surface area contributed by atoms with E-state index in [0.717, 1.165) is 17.7 Å². The first-order valence-corrected chi connectivity index (χ1v) is 12.5. The molecule has 0 aliphatic carbocycles. The van der Waals surface area contributed by atoms with Crippen LogP contribution in [0.15, 0.2) is 97.1 Å². The molecule has 0 heterocycles. The van der Waals surface area contributed by atoms with E-state index in [1.165, 1.54) is 17.7 Å². The third-order valence-electron chi connectivity index (χ3n) is 6.35. The van der Waals surface area contributed by atoms with Gasteiger partial charge in [0, 0.05) is 23.4 Å². The number of alkyl halides is 3. The van der Waals surface area contributed by atoms with E-state index in [-0.39, 0.29) is 11.3 Å². The highest BCUT2D eigenvalue weighted by atomic mass is 19.4. The van der Waals surface area contributed by atoms with Crippen molar-refractivity contribution in [2.45, 2.75) is 38.9 Å². The van der Waals surface area contributed by atoms with Gasteiger partial charge >= 0.3 is 6.18 Å². The summed E-state index contributed by atoms with van der Waals surface area (Å²) in [6.45, 7) is 6.79. The van der Waals surface area contributed by atoms with Crippen LogP contribution in [0.25, 0.3) is 11.1 Å². The lowest BCUT2D eigenvalue weighted by molar-refractivity contribution is -0.137. The van der Waals surface area contributed by atoms with Gasteiger partial charge in [0.05, 0.1) is 5.56 Å². The Morgan fingerprint density at radius 2 is 1.36 bits per heavy atom. The fraction of sp³-hybridized carbons (Fsp3) is 0.188. The minimum atomic E-state index is -4.44. The highest BCUT2D eigenvalue weighted by Crippen LogP contribution is 2.32. The largest absolute Gasteiger partial charge is 0.416 e. The summed E-state index contributed by atoms with van der Waals surface area (Å²) in [5, 5.41) is 5.69. The predicted molar refractivity (Wildman–Crippen MR) is 148 cm³/mol. The second-order valence-electron chi connectivity index (χ2n) is 10.3. The van der Waals surface area contributed by atoms with Gasteiger partial charge in [0.15, 0.2) is 0 Å². The topological polar surface area (TPSA) is 58.2 Å². The van der Waals surface area contributed by atoms with Crippen LogP contribution in [0, 0.1) is 0 Å². The first-order valence-electron chi connectivity index (χ1n) is 12.5. The van der Waals surface area contributed by atoms with Gasteiger partial charge in [-0.1, -0.05) is 81.4 Å². The summed E-state index contributed by atoms with van der Waals surface area (Å²) in [4.78, 5) is 25.9. The van der Waals surface area contributed by atoms with Gasteiger partial charge in [-0.25, -0.2) is 0 Å². The van der Waals surface area contributed by atoms with Crippen molar-refractivity contribution in [1.82, 2.24) is 5.32 Å². The molecule has 0 atom stereocenters. The minimum absolute atomic E-state index is 0.0465. The maximum atomic E-state index is 13.1. The molecule has 0 fully saturated rings. The molecule has 0 aliphatic rings. The number of amides is 2. The number of hydrogen-bond donors (Lipinski definition) is 2. The van der Waals surface area contributed by atoms with Gasteiger partial charge in [0.1, 0.15) is 0 Å². The first-order chi connectivity index (χ1) is 18.4. The van der Waals surface area contributed by atoms with Crippen LogP contribution in [0.4, 0.5) is 18.9 Å². The van der Waals surface area contributed by atoms with E-state index >= 15 is 0 Å². The summed E-state index contributed by atoms with van der Waals surface area (Å²) in [5.41, 5.74) is 3.55. The average molecular weight is 531 g/mol. The molecule has 4 aromatic rings. The average Bonchev–Trinajstić information content (AvgIpc) is 2.91. The van der Waals surface area contributed by atoms with Crippen LogP contribution < -0.4 is 10.6 Å². The fourth-order valence-corrected chi connectivity index (χ4v) is 4.12. The molecule has 4 aromatic carbocycles. The van der Waals surface area contributed by atoms with Crippen LogP contribution in [-0.2, 0) is 18.1 Å². The van der Waals surface area contributed by atoms with E-state index in [9.17, 15) is 22.8 Å². The zero-order valence-corrected chi connectivity index (χ0v) is 21.9. The Kier molecular flexibility index (Phi) is 7.90. The molecule has 0 bridgehead atoms. The predicted octanol–water partition coefficient (Wildman–Crippen LogP) is 7.85. The summed E-state index contributed by atoms with van der Waals surface area (Å²) in [6, 6.07) is 26.0. The third-order valence-corrected chi connectivity index (χ3v) is 6.35. The lowest BCUT2D eigenvalue weighted by Gasteiger charge is -2.19. The summed E-state index contributed by atoms with van der Waals surface area (Å²) in [6.07, 6.45) is -4.44. The van der Waals surface area contributed by atoms with Gasteiger partial charge < -0.3 is 10.6 Å². The van der Waals surface area contributed by atoms with Crippen molar-refractivity contribution in [3.8, 4) is 11.1 Å². The fourth-order valence-electron chi connectivity index (χ4n) is 4.12. The summed E-state index contributed by atoms with van der Waals surface area (Å²) in [5.74, 6) is -0.724. The summed E-state index contributed by atoms with van der Waals surface area (Å²) in [7, 11) is 0. The number of nitrogens with one attached hydrogen (secondary N) is 2. The zero-order valence-electron chi connectivity index (χ0n) is 21.9. The Bertz CT molecular complexity index is 1470. The number of rotatable bonds is 6. The van der Waals surface area contributed by atoms with Gasteiger partial charge in [-0.3, -0.25) is 9.59 Å². The molecule has 0 saturated carbocycles. The van der Waals surface area contributed by atoms with Crippen molar-refractivity contribution >= 4 is 17.5 Å². The molecule has 0 radical (unpaired) electrons. The van der Waals surface area contributed by atoms with Crippen molar-refractivity contribution in [3.05, 3.63) is 125 Å². The summed E-state index contributed by atoms with van der Waals surface area (Å²) < 4.78 is 38.9. The van der Waals surface area contributed by atoms with Crippen LogP contribution in [0.3, 0.4) is 0 Å². The Balaban J connectivity index is 1.45. The Labute approximate surface area is 225 Å². The molecule has 39 heavy (non-hydrogen) atoms. The van der Waals surface area contributed by atoms with Crippen molar-refractivity contribution < 1.29 is 22.8 Å². The second kappa shape index (κ2) is 11.2. The molecule has 2 amide bonds. The molecule has 0 unspecified atom stereocenters. The van der Waals surface area contributed by atoms with Crippen LogP contribution in [0.5, 0.6) is 0 Å². The van der Waals surface area contributed by atoms with Crippen molar-refractivity contribution in [2.75, 3.05) is 5.32 Å². The smallest absolute Gasteiger partial charge is 0.348 e. The van der Waals surface area contributed by atoms with E-state index < -0.39 is 17.6 Å². The monoisotopic (exact) mass is 530 g/mol. The molecule has 0 saturated heterocycles. The second-order valence-corrected chi connectivity index (χ2v) is 10.3. The number of anilines is 1. The lowest BCUT2D eigenvalue weighted by atomic mass is 9.87. The molecule has 4 nitrogen and oxygen atoms in total. The maximum absolute atomic E-state index is 13.1. The van der Waals surface area contributed by atoms with E-state index in [4.69, 9.17) is 0 Å². The molecule has 0 spiro atoms. The number of carbonyl (C=O) groups excluding carboxylic acids is 2. The van der Waals surface area contributed by atoms with E-state index in [1.54, 1.807) is 48.5 Å². The molecule has 4 rings (SSSR count). The van der Waals surface area contributed by atoms with Gasteiger partial charge in [-0.2, -0.15) is 13.2 Å². The Morgan fingerprint density at radius 1 is 0.718 bits per heavy atom. The molecule has 0 aliphatic heterocycles. The molecular formula is C32H29F3N2O2. The molecular weight excluding hydrogens is 501 g/mol. The number of benzene rings is 4. The highest BCUT2D eigenvalue weighted by Gasteiger charge is 2.30. The third kappa shape index (κ3) is 6.93. The number of halogens is 3. The van der Waals surface area contributed by atoms with Gasteiger partial charge in [-0.15, -0.1) is 0 Å². The molecule has 2 N–H and O–H groups in total. The van der Waals surface area contributed by atoms with Gasteiger partial charge in [0.2, 0.25) is 0 Å². The normalized spacial score (nSPS) is 11.6. The van der Waals surface area contributed by atoms with E-state index in [1.807, 2.05) is 12.1 Å². The van der Waals surface area contributed by atoms with Crippen LogP contribution >= 0.6 is 0 Å².